The quantitative estimate of drug-likeness (QED) is 0.604. The highest BCUT2D eigenvalue weighted by atomic mass is 32.2. The molecule has 1 aromatic heterocycles. The predicted molar refractivity (Wildman–Crippen MR) is 110 cm³/mol. The number of thioether (sulfide) groups is 1. The number of hydrogen-bond donors (Lipinski definition) is 1. The van der Waals surface area contributed by atoms with Crippen LogP contribution in [0.25, 0.3) is 6.08 Å². The summed E-state index contributed by atoms with van der Waals surface area (Å²) < 4.78 is 5.26. The largest absolute Gasteiger partial charge is 0.360 e. The van der Waals surface area contributed by atoms with Gasteiger partial charge in [-0.3, -0.25) is 14.5 Å². The Morgan fingerprint density at radius 2 is 2.07 bits per heavy atom. The van der Waals surface area contributed by atoms with E-state index in [2.05, 4.69) is 24.3 Å². The van der Waals surface area contributed by atoms with Crippen LogP contribution in [0.15, 0.2) is 39.8 Å². The molecule has 0 bridgehead atoms. The van der Waals surface area contributed by atoms with Crippen molar-refractivity contribution in [1.82, 2.24) is 10.1 Å². The van der Waals surface area contributed by atoms with Crippen molar-refractivity contribution in [2.45, 2.75) is 26.7 Å². The Morgan fingerprint density at radius 3 is 2.67 bits per heavy atom. The second-order valence-electron chi connectivity index (χ2n) is 6.46. The number of carbonyl (C=O) groups is 2. The zero-order chi connectivity index (χ0) is 19.6. The fraction of sp³-hybridized carbons (Fsp3) is 0.263. The molecule has 0 radical (unpaired) electrons. The molecule has 0 unspecified atom stereocenters. The number of amides is 2. The Bertz CT molecular complexity index is 917. The normalized spacial score (nSPS) is 15.9. The van der Waals surface area contributed by atoms with Gasteiger partial charge in [-0.15, -0.1) is 0 Å². The van der Waals surface area contributed by atoms with Crippen LogP contribution in [0.1, 0.15) is 36.7 Å². The molecule has 1 aromatic carbocycles. The first-order valence-corrected chi connectivity index (χ1v) is 9.64. The third kappa shape index (κ3) is 4.64. The van der Waals surface area contributed by atoms with Gasteiger partial charge in [-0.25, -0.2) is 0 Å². The predicted octanol–water partition coefficient (Wildman–Crippen LogP) is 3.95. The van der Waals surface area contributed by atoms with Gasteiger partial charge in [0.05, 0.1) is 4.91 Å². The molecule has 1 saturated heterocycles. The van der Waals surface area contributed by atoms with E-state index in [0.29, 0.717) is 26.7 Å². The summed E-state index contributed by atoms with van der Waals surface area (Å²) in [7, 11) is 0. The Kier molecular flexibility index (Phi) is 5.76. The van der Waals surface area contributed by atoms with Crippen molar-refractivity contribution in [3.8, 4) is 0 Å². The van der Waals surface area contributed by atoms with Crippen LogP contribution >= 0.6 is 24.0 Å². The van der Waals surface area contributed by atoms with Gasteiger partial charge in [-0.1, -0.05) is 67.2 Å². The van der Waals surface area contributed by atoms with Crippen molar-refractivity contribution in [2.75, 3.05) is 11.9 Å². The second kappa shape index (κ2) is 8.06. The van der Waals surface area contributed by atoms with E-state index >= 15 is 0 Å². The van der Waals surface area contributed by atoms with Crippen LogP contribution in [0.2, 0.25) is 0 Å². The topological polar surface area (TPSA) is 75.4 Å². The lowest BCUT2D eigenvalue weighted by molar-refractivity contribution is -0.126. The minimum atomic E-state index is -0.387. The van der Waals surface area contributed by atoms with E-state index in [0.717, 1.165) is 5.56 Å². The van der Waals surface area contributed by atoms with Crippen LogP contribution in [-0.4, -0.2) is 32.7 Å². The Morgan fingerprint density at radius 1 is 1.37 bits per heavy atom. The first-order valence-electron chi connectivity index (χ1n) is 8.42. The molecule has 0 spiro atoms. The summed E-state index contributed by atoms with van der Waals surface area (Å²) in [5.74, 6) is 0.682. The number of hydrogen-bond acceptors (Lipinski definition) is 6. The maximum atomic E-state index is 12.6. The first-order chi connectivity index (χ1) is 12.8. The molecule has 0 aliphatic carbocycles. The average molecular weight is 402 g/mol. The Labute approximate surface area is 167 Å². The molecule has 2 heterocycles. The summed E-state index contributed by atoms with van der Waals surface area (Å²) >= 11 is 6.46. The molecule has 1 aliphatic heterocycles. The third-order valence-electron chi connectivity index (χ3n) is 3.97. The van der Waals surface area contributed by atoms with Crippen molar-refractivity contribution in [1.29, 1.82) is 0 Å². The summed E-state index contributed by atoms with van der Waals surface area (Å²) in [4.78, 5) is 26.6. The Balaban J connectivity index is 1.67. The number of nitrogens with one attached hydrogen (secondary N) is 1. The van der Waals surface area contributed by atoms with E-state index in [9.17, 15) is 9.59 Å². The lowest BCUT2D eigenvalue weighted by Crippen LogP contribution is -2.36. The Hall–Kier alpha value is -2.45. The average Bonchev–Trinajstić information content (AvgIpc) is 3.13. The summed E-state index contributed by atoms with van der Waals surface area (Å²) in [6.07, 6.45) is 1.79. The molecule has 1 fully saturated rings. The first kappa shape index (κ1) is 19.3. The highest BCUT2D eigenvalue weighted by Gasteiger charge is 2.33. The van der Waals surface area contributed by atoms with Gasteiger partial charge in [0, 0.05) is 6.07 Å². The van der Waals surface area contributed by atoms with Crippen molar-refractivity contribution < 1.29 is 14.1 Å². The van der Waals surface area contributed by atoms with Gasteiger partial charge >= 0.3 is 0 Å². The number of aromatic nitrogens is 1. The van der Waals surface area contributed by atoms with E-state index in [-0.39, 0.29) is 18.4 Å². The van der Waals surface area contributed by atoms with Crippen molar-refractivity contribution >= 4 is 52.0 Å². The molecule has 1 aliphatic rings. The lowest BCUT2D eigenvalue weighted by atomic mass is 10.0. The molecule has 0 atom stereocenters. The standard InChI is InChI=1S/C19H19N3O3S2/c1-11(2)14-6-4-13(5-7-14)9-15-18(24)22(19(26)27-15)10-17(23)20-16-8-12(3)25-21-16/h4-9,11H,10H2,1-3H3,(H,20,21,23)/b15-9-. The number of nitrogens with zero attached hydrogens (tertiary/aromatic N) is 2. The molecule has 140 valence electrons. The van der Waals surface area contributed by atoms with E-state index in [4.69, 9.17) is 16.7 Å². The summed E-state index contributed by atoms with van der Waals surface area (Å²) in [6.45, 7) is 5.82. The molecule has 2 amide bonds. The van der Waals surface area contributed by atoms with Crippen molar-refractivity contribution in [3.63, 3.8) is 0 Å². The van der Waals surface area contributed by atoms with Gasteiger partial charge < -0.3 is 9.84 Å². The smallest absolute Gasteiger partial charge is 0.266 e. The summed E-state index contributed by atoms with van der Waals surface area (Å²) in [5.41, 5.74) is 2.15. The molecular weight excluding hydrogens is 382 g/mol. The molecule has 1 N–H and O–H groups in total. The van der Waals surface area contributed by atoms with Crippen LogP contribution in [0, 0.1) is 6.92 Å². The molecule has 27 heavy (non-hydrogen) atoms. The maximum absolute atomic E-state index is 12.6. The second-order valence-corrected chi connectivity index (χ2v) is 8.14. The molecule has 3 rings (SSSR count). The van der Waals surface area contributed by atoms with E-state index in [1.807, 2.05) is 24.3 Å². The lowest BCUT2D eigenvalue weighted by Gasteiger charge is -2.13. The number of carbonyl (C=O) groups excluding carboxylic acids is 2. The van der Waals surface area contributed by atoms with Crippen LogP contribution in [0.3, 0.4) is 0 Å². The number of thiocarbonyl (C=S) groups is 1. The van der Waals surface area contributed by atoms with Gasteiger partial charge in [0.15, 0.2) is 5.82 Å². The number of rotatable bonds is 5. The highest BCUT2D eigenvalue weighted by Crippen LogP contribution is 2.32. The van der Waals surface area contributed by atoms with E-state index in [1.165, 1.54) is 22.2 Å². The highest BCUT2D eigenvalue weighted by molar-refractivity contribution is 8.26. The van der Waals surface area contributed by atoms with Gasteiger partial charge in [0.25, 0.3) is 5.91 Å². The van der Waals surface area contributed by atoms with E-state index in [1.54, 1.807) is 19.1 Å². The van der Waals surface area contributed by atoms with Crippen LogP contribution in [-0.2, 0) is 9.59 Å². The monoisotopic (exact) mass is 401 g/mol. The van der Waals surface area contributed by atoms with Crippen molar-refractivity contribution in [2.24, 2.45) is 0 Å². The molecular formula is C19H19N3O3S2. The minimum Gasteiger partial charge on any atom is -0.360 e. The fourth-order valence-corrected chi connectivity index (χ4v) is 3.77. The maximum Gasteiger partial charge on any atom is 0.266 e. The number of benzene rings is 1. The van der Waals surface area contributed by atoms with Gasteiger partial charge in [0.2, 0.25) is 5.91 Å². The number of anilines is 1. The van der Waals surface area contributed by atoms with Crippen LogP contribution in [0.5, 0.6) is 0 Å². The van der Waals surface area contributed by atoms with Crippen LogP contribution in [0.4, 0.5) is 5.82 Å². The SMILES string of the molecule is Cc1cc(NC(=O)CN2C(=O)/C(=C/c3ccc(C(C)C)cc3)SC2=S)no1. The zero-order valence-corrected chi connectivity index (χ0v) is 16.8. The molecule has 0 saturated carbocycles. The molecule has 8 heteroatoms. The van der Waals surface area contributed by atoms with Gasteiger partial charge in [-0.05, 0) is 30.0 Å². The fourth-order valence-electron chi connectivity index (χ4n) is 2.52. The van der Waals surface area contributed by atoms with Gasteiger partial charge in [-0.2, -0.15) is 0 Å². The minimum absolute atomic E-state index is 0.166. The summed E-state index contributed by atoms with van der Waals surface area (Å²) in [6, 6.07) is 9.64. The van der Waals surface area contributed by atoms with Crippen LogP contribution < -0.4 is 5.32 Å². The van der Waals surface area contributed by atoms with Gasteiger partial charge in [0.1, 0.15) is 16.6 Å². The van der Waals surface area contributed by atoms with Crippen molar-refractivity contribution in [3.05, 3.63) is 52.1 Å². The molecule has 2 aromatic rings. The molecule has 6 nitrogen and oxygen atoms in total. The summed E-state index contributed by atoms with van der Waals surface area (Å²) in [5, 5.41) is 6.28. The third-order valence-corrected chi connectivity index (χ3v) is 5.35. The zero-order valence-electron chi connectivity index (χ0n) is 15.2. The number of aryl methyl sites for hydroxylation is 1. The van der Waals surface area contributed by atoms with E-state index < -0.39 is 0 Å².